The Morgan fingerprint density at radius 3 is 2.83 bits per heavy atom. The Morgan fingerprint density at radius 2 is 2.28 bits per heavy atom. The number of carbonyl (C=O) groups is 1. The first-order chi connectivity index (χ1) is 8.65. The van der Waals surface area contributed by atoms with Crippen LogP contribution in [0.15, 0.2) is 4.90 Å². The predicted octanol–water partition coefficient (Wildman–Crippen LogP) is 1.86. The second-order valence-electron chi connectivity index (χ2n) is 3.41. The van der Waals surface area contributed by atoms with Gasteiger partial charge in [-0.25, -0.2) is 0 Å². The Balaban J connectivity index is 2.80. The summed E-state index contributed by atoms with van der Waals surface area (Å²) in [5.74, 6) is -0.148. The highest BCUT2D eigenvalue weighted by atomic mass is 32.2. The topological polar surface area (TPSA) is 76.4 Å². The monoisotopic (exact) mass is 289 g/mol. The molecule has 0 aliphatic rings. The van der Waals surface area contributed by atoms with Crippen LogP contribution in [0.4, 0.5) is 10.7 Å². The lowest BCUT2D eigenvalue weighted by atomic mass is 10.3. The maximum absolute atomic E-state index is 11.6. The van der Waals surface area contributed by atoms with Crippen LogP contribution >= 0.6 is 23.1 Å². The van der Waals surface area contributed by atoms with Crippen molar-refractivity contribution < 1.29 is 9.53 Å². The largest absolute Gasteiger partial charge is 0.396 e. The second kappa shape index (κ2) is 7.50. The zero-order valence-electron chi connectivity index (χ0n) is 10.8. The molecule has 0 fully saturated rings. The van der Waals surface area contributed by atoms with E-state index >= 15 is 0 Å². The van der Waals surface area contributed by atoms with Crippen LogP contribution in [0.1, 0.15) is 16.6 Å². The molecule has 0 spiro atoms. The molecule has 1 aromatic rings. The molecule has 0 saturated heterocycles. The van der Waals surface area contributed by atoms with Crippen molar-refractivity contribution in [1.29, 1.82) is 0 Å². The summed E-state index contributed by atoms with van der Waals surface area (Å²) in [6, 6.07) is 0. The van der Waals surface area contributed by atoms with Gasteiger partial charge in [-0.1, -0.05) is 0 Å². The van der Waals surface area contributed by atoms with Gasteiger partial charge in [-0.05, 0) is 13.2 Å². The zero-order chi connectivity index (χ0) is 13.5. The van der Waals surface area contributed by atoms with Crippen LogP contribution in [0.3, 0.4) is 0 Å². The molecule has 0 atom stereocenters. The third-order valence-electron chi connectivity index (χ3n) is 2.27. The standard InChI is InChI=1S/C11H19N3O2S2/c1-4-16-6-5-14-11-9(17-3)7(12)8(18-11)10(15)13-2/h14H,4-6,12H2,1-3H3,(H,13,15). The van der Waals surface area contributed by atoms with Gasteiger partial charge in [0.25, 0.3) is 5.91 Å². The van der Waals surface area contributed by atoms with E-state index in [2.05, 4.69) is 10.6 Å². The summed E-state index contributed by atoms with van der Waals surface area (Å²) in [5.41, 5.74) is 6.53. The molecular weight excluding hydrogens is 270 g/mol. The van der Waals surface area contributed by atoms with E-state index in [1.54, 1.807) is 7.05 Å². The molecular formula is C11H19N3O2S2. The number of hydrogen-bond donors (Lipinski definition) is 3. The number of carbonyl (C=O) groups excluding carboxylic acids is 1. The van der Waals surface area contributed by atoms with Crippen LogP contribution in [0, 0.1) is 0 Å². The van der Waals surface area contributed by atoms with Crippen LogP contribution in [-0.4, -0.2) is 39.0 Å². The molecule has 5 nitrogen and oxygen atoms in total. The van der Waals surface area contributed by atoms with E-state index in [0.717, 1.165) is 9.90 Å². The number of thiophene rings is 1. The fourth-order valence-electron chi connectivity index (χ4n) is 1.41. The number of rotatable bonds is 7. The summed E-state index contributed by atoms with van der Waals surface area (Å²) in [5, 5.41) is 6.77. The number of amides is 1. The van der Waals surface area contributed by atoms with Crippen LogP contribution in [-0.2, 0) is 4.74 Å². The molecule has 1 aromatic heterocycles. The van der Waals surface area contributed by atoms with Gasteiger partial charge in [-0.3, -0.25) is 4.79 Å². The van der Waals surface area contributed by atoms with Crippen LogP contribution in [0.5, 0.6) is 0 Å². The summed E-state index contributed by atoms with van der Waals surface area (Å²) in [6.07, 6.45) is 1.94. The van der Waals surface area contributed by atoms with Crippen LogP contribution < -0.4 is 16.4 Å². The third kappa shape index (κ3) is 3.54. The van der Waals surface area contributed by atoms with Crippen molar-refractivity contribution in [3.05, 3.63) is 4.88 Å². The summed E-state index contributed by atoms with van der Waals surface area (Å²) in [4.78, 5) is 13.1. The van der Waals surface area contributed by atoms with Gasteiger partial charge >= 0.3 is 0 Å². The molecule has 0 aliphatic heterocycles. The van der Waals surface area contributed by atoms with E-state index in [-0.39, 0.29) is 5.91 Å². The van der Waals surface area contributed by atoms with E-state index in [1.807, 2.05) is 13.2 Å². The van der Waals surface area contributed by atoms with Gasteiger partial charge in [0.2, 0.25) is 0 Å². The molecule has 102 valence electrons. The summed E-state index contributed by atoms with van der Waals surface area (Å²) in [7, 11) is 1.60. The molecule has 0 aliphatic carbocycles. The highest BCUT2D eigenvalue weighted by Gasteiger charge is 2.19. The van der Waals surface area contributed by atoms with Gasteiger partial charge in [0.1, 0.15) is 9.88 Å². The minimum atomic E-state index is -0.148. The van der Waals surface area contributed by atoms with Gasteiger partial charge in [0, 0.05) is 20.2 Å². The molecule has 0 radical (unpaired) electrons. The van der Waals surface area contributed by atoms with E-state index in [0.29, 0.717) is 30.3 Å². The number of ether oxygens (including phenoxy) is 1. The van der Waals surface area contributed by atoms with Crippen molar-refractivity contribution in [2.24, 2.45) is 0 Å². The number of anilines is 2. The Bertz CT molecular complexity index is 407. The first-order valence-electron chi connectivity index (χ1n) is 5.65. The van der Waals surface area contributed by atoms with Crippen LogP contribution in [0.2, 0.25) is 0 Å². The zero-order valence-corrected chi connectivity index (χ0v) is 12.5. The maximum atomic E-state index is 11.6. The average Bonchev–Trinajstić information content (AvgIpc) is 2.70. The van der Waals surface area contributed by atoms with E-state index in [9.17, 15) is 4.79 Å². The first kappa shape index (κ1) is 15.1. The van der Waals surface area contributed by atoms with E-state index in [4.69, 9.17) is 10.5 Å². The predicted molar refractivity (Wildman–Crippen MR) is 78.9 cm³/mol. The second-order valence-corrected chi connectivity index (χ2v) is 5.25. The average molecular weight is 289 g/mol. The highest BCUT2D eigenvalue weighted by molar-refractivity contribution is 7.99. The molecule has 7 heteroatoms. The van der Waals surface area contributed by atoms with E-state index in [1.165, 1.54) is 23.1 Å². The maximum Gasteiger partial charge on any atom is 0.263 e. The fraction of sp³-hybridized carbons (Fsp3) is 0.545. The number of hydrogen-bond acceptors (Lipinski definition) is 6. The van der Waals surface area contributed by atoms with Crippen molar-refractivity contribution in [2.75, 3.05) is 44.1 Å². The Labute approximate surface area is 115 Å². The van der Waals surface area contributed by atoms with Gasteiger partial charge in [-0.2, -0.15) is 0 Å². The Morgan fingerprint density at radius 1 is 1.56 bits per heavy atom. The molecule has 1 rings (SSSR count). The molecule has 1 amide bonds. The van der Waals surface area contributed by atoms with Crippen molar-refractivity contribution in [1.82, 2.24) is 5.32 Å². The minimum Gasteiger partial charge on any atom is -0.396 e. The number of nitrogen functional groups attached to an aromatic ring is 1. The molecule has 1 heterocycles. The molecule has 4 N–H and O–H groups in total. The van der Waals surface area contributed by atoms with Crippen molar-refractivity contribution in [3.8, 4) is 0 Å². The highest BCUT2D eigenvalue weighted by Crippen LogP contribution is 2.41. The normalized spacial score (nSPS) is 10.4. The van der Waals surface area contributed by atoms with E-state index < -0.39 is 0 Å². The summed E-state index contributed by atoms with van der Waals surface area (Å²) in [6.45, 7) is 4.00. The molecule has 18 heavy (non-hydrogen) atoms. The van der Waals surface area contributed by atoms with Gasteiger partial charge in [0.05, 0.1) is 17.2 Å². The van der Waals surface area contributed by atoms with Crippen molar-refractivity contribution >= 4 is 39.7 Å². The first-order valence-corrected chi connectivity index (χ1v) is 7.69. The fourth-order valence-corrected chi connectivity index (χ4v) is 3.42. The minimum absolute atomic E-state index is 0.148. The van der Waals surface area contributed by atoms with Gasteiger partial charge < -0.3 is 21.1 Å². The smallest absolute Gasteiger partial charge is 0.263 e. The number of thioether (sulfide) groups is 1. The van der Waals surface area contributed by atoms with Crippen molar-refractivity contribution in [3.63, 3.8) is 0 Å². The van der Waals surface area contributed by atoms with Gasteiger partial charge in [0.15, 0.2) is 0 Å². The Kier molecular flexibility index (Phi) is 6.31. The summed E-state index contributed by atoms with van der Waals surface area (Å²) < 4.78 is 5.26. The number of nitrogens with one attached hydrogen (secondary N) is 2. The lowest BCUT2D eigenvalue weighted by molar-refractivity contribution is 0.0968. The molecule has 0 aromatic carbocycles. The molecule has 0 saturated carbocycles. The lowest BCUT2D eigenvalue weighted by Gasteiger charge is -2.05. The molecule has 0 bridgehead atoms. The Hall–Kier alpha value is -0.920. The van der Waals surface area contributed by atoms with Crippen molar-refractivity contribution in [2.45, 2.75) is 11.8 Å². The van der Waals surface area contributed by atoms with Crippen LogP contribution in [0.25, 0.3) is 0 Å². The quantitative estimate of drug-likeness (QED) is 0.527. The summed E-state index contributed by atoms with van der Waals surface area (Å²) >= 11 is 2.91. The SMILES string of the molecule is CCOCCNc1sc(C(=O)NC)c(N)c1SC. The molecule has 0 unspecified atom stereocenters. The third-order valence-corrected chi connectivity index (χ3v) is 4.40. The van der Waals surface area contributed by atoms with Gasteiger partial charge in [-0.15, -0.1) is 23.1 Å². The number of nitrogens with two attached hydrogens (primary N) is 1. The lowest BCUT2D eigenvalue weighted by Crippen LogP contribution is -2.17.